The Bertz CT molecular complexity index is 284. The molecule has 0 unspecified atom stereocenters. The van der Waals surface area contributed by atoms with Crippen molar-refractivity contribution in [1.29, 1.82) is 0 Å². The van der Waals surface area contributed by atoms with Crippen molar-refractivity contribution < 1.29 is 29.6 Å². The van der Waals surface area contributed by atoms with Crippen LogP contribution in [0.15, 0.2) is 0 Å². The standard InChI is InChI=1S/C11H19O6/c1-10(2,14)17-8-4-7(12)5-11(15,6-8)9(13)16-3/h7-8,12,15H,4-6H2,1-3H3/q-1/t7-,8-,11+/m0/s1. The van der Waals surface area contributed by atoms with Gasteiger partial charge >= 0.3 is 5.97 Å². The summed E-state index contributed by atoms with van der Waals surface area (Å²) in [7, 11) is 1.16. The van der Waals surface area contributed by atoms with Crippen molar-refractivity contribution in [3.8, 4) is 0 Å². The average Bonchev–Trinajstić information content (AvgIpc) is 2.11. The van der Waals surface area contributed by atoms with E-state index in [1.807, 2.05) is 0 Å². The SMILES string of the molecule is COC(=O)[C@@]1(O)C[C@@H](O)C[C@H](OC(C)(C)[O-])C1. The van der Waals surface area contributed by atoms with Crippen molar-refractivity contribution in [3.63, 3.8) is 0 Å². The zero-order valence-corrected chi connectivity index (χ0v) is 10.3. The number of methoxy groups -OCH3 is 1. The molecule has 2 N–H and O–H groups in total. The number of carbonyl (C=O) groups excluding carboxylic acids is 1. The average molecular weight is 247 g/mol. The van der Waals surface area contributed by atoms with Crippen molar-refractivity contribution in [2.75, 3.05) is 7.11 Å². The van der Waals surface area contributed by atoms with E-state index in [0.29, 0.717) is 0 Å². The highest BCUT2D eigenvalue weighted by atomic mass is 16.6. The van der Waals surface area contributed by atoms with Crippen molar-refractivity contribution in [2.45, 2.75) is 56.7 Å². The minimum atomic E-state index is -1.78. The molecule has 0 aliphatic heterocycles. The van der Waals surface area contributed by atoms with Crippen LogP contribution in [0.3, 0.4) is 0 Å². The van der Waals surface area contributed by atoms with Gasteiger partial charge < -0.3 is 24.8 Å². The Morgan fingerprint density at radius 3 is 2.53 bits per heavy atom. The molecule has 0 radical (unpaired) electrons. The fourth-order valence-electron chi connectivity index (χ4n) is 2.17. The van der Waals surface area contributed by atoms with Gasteiger partial charge in [0.25, 0.3) is 0 Å². The molecule has 0 bridgehead atoms. The van der Waals surface area contributed by atoms with Gasteiger partial charge in [0, 0.05) is 12.8 Å². The number of rotatable bonds is 3. The van der Waals surface area contributed by atoms with Crippen LogP contribution in [-0.2, 0) is 14.3 Å². The number of aliphatic hydroxyl groups excluding tert-OH is 1. The van der Waals surface area contributed by atoms with E-state index in [2.05, 4.69) is 4.74 Å². The van der Waals surface area contributed by atoms with E-state index in [9.17, 15) is 20.1 Å². The Morgan fingerprint density at radius 2 is 2.06 bits per heavy atom. The van der Waals surface area contributed by atoms with E-state index in [4.69, 9.17) is 4.74 Å². The molecule has 3 atom stereocenters. The maximum absolute atomic E-state index is 11.4. The highest BCUT2D eigenvalue weighted by Gasteiger charge is 2.46. The predicted octanol–water partition coefficient (Wildman–Crippen LogP) is -1.08. The molecule has 1 aliphatic rings. The number of carbonyl (C=O) groups is 1. The molecule has 0 spiro atoms. The Hall–Kier alpha value is -0.690. The van der Waals surface area contributed by atoms with Crippen molar-refractivity contribution in [2.24, 2.45) is 0 Å². The Kier molecular flexibility index (Phi) is 4.14. The van der Waals surface area contributed by atoms with E-state index in [1.54, 1.807) is 0 Å². The van der Waals surface area contributed by atoms with Crippen LogP contribution in [0.2, 0.25) is 0 Å². The van der Waals surface area contributed by atoms with Crippen LogP contribution < -0.4 is 5.11 Å². The summed E-state index contributed by atoms with van der Waals surface area (Å²) in [5.41, 5.74) is -1.78. The van der Waals surface area contributed by atoms with Gasteiger partial charge in [-0.2, -0.15) is 0 Å². The summed E-state index contributed by atoms with van der Waals surface area (Å²) in [6.07, 6.45) is -1.46. The number of esters is 1. The van der Waals surface area contributed by atoms with Crippen molar-refractivity contribution in [1.82, 2.24) is 0 Å². The highest BCUT2D eigenvalue weighted by Crippen LogP contribution is 2.32. The third-order valence-electron chi connectivity index (χ3n) is 2.69. The van der Waals surface area contributed by atoms with Gasteiger partial charge in [0.2, 0.25) is 0 Å². The highest BCUT2D eigenvalue weighted by molar-refractivity contribution is 5.79. The van der Waals surface area contributed by atoms with Gasteiger partial charge in [0.15, 0.2) is 5.60 Å². The summed E-state index contributed by atoms with van der Waals surface area (Å²) in [5, 5.41) is 31.1. The zero-order chi connectivity index (χ0) is 13.3. The molecule has 0 amide bonds. The summed E-state index contributed by atoms with van der Waals surface area (Å²) < 4.78 is 9.64. The van der Waals surface area contributed by atoms with Crippen LogP contribution in [0.5, 0.6) is 0 Å². The molecule has 17 heavy (non-hydrogen) atoms. The smallest absolute Gasteiger partial charge is 0.338 e. The Morgan fingerprint density at radius 1 is 1.47 bits per heavy atom. The summed E-state index contributed by atoms with van der Waals surface area (Å²) in [5.74, 6) is -2.44. The second-order valence-electron chi connectivity index (χ2n) is 4.96. The molecule has 1 rings (SSSR count). The van der Waals surface area contributed by atoms with Crippen LogP contribution in [0.25, 0.3) is 0 Å². The van der Waals surface area contributed by atoms with E-state index in [1.165, 1.54) is 13.8 Å². The van der Waals surface area contributed by atoms with Gasteiger partial charge in [0.05, 0.1) is 19.3 Å². The van der Waals surface area contributed by atoms with Crippen LogP contribution in [0, 0.1) is 0 Å². The maximum Gasteiger partial charge on any atom is 0.338 e. The minimum absolute atomic E-state index is 0.0393. The lowest BCUT2D eigenvalue weighted by molar-refractivity contribution is -0.550. The number of hydrogen-bond donors (Lipinski definition) is 2. The van der Waals surface area contributed by atoms with Gasteiger partial charge in [-0.3, -0.25) is 0 Å². The van der Waals surface area contributed by atoms with Crippen molar-refractivity contribution >= 4 is 5.97 Å². The second-order valence-corrected chi connectivity index (χ2v) is 4.96. The Balaban J connectivity index is 2.75. The number of hydrogen-bond acceptors (Lipinski definition) is 6. The molecule has 0 saturated heterocycles. The van der Waals surface area contributed by atoms with E-state index < -0.39 is 29.6 Å². The summed E-state index contributed by atoms with van der Waals surface area (Å²) >= 11 is 0. The zero-order valence-electron chi connectivity index (χ0n) is 10.3. The number of aliphatic hydroxyl groups is 2. The molecule has 0 aromatic rings. The molecule has 100 valence electrons. The van der Waals surface area contributed by atoms with Gasteiger partial charge in [0.1, 0.15) is 0 Å². The van der Waals surface area contributed by atoms with Gasteiger partial charge in [-0.1, -0.05) is 13.8 Å². The molecule has 0 aromatic carbocycles. The lowest BCUT2D eigenvalue weighted by atomic mass is 9.81. The van der Waals surface area contributed by atoms with Crippen molar-refractivity contribution in [3.05, 3.63) is 0 Å². The molecule has 0 heterocycles. The molecule has 1 saturated carbocycles. The van der Waals surface area contributed by atoms with Gasteiger partial charge in [-0.15, -0.1) is 0 Å². The van der Waals surface area contributed by atoms with E-state index in [-0.39, 0.29) is 19.3 Å². The first-order valence-electron chi connectivity index (χ1n) is 5.53. The van der Waals surface area contributed by atoms with Crippen LogP contribution >= 0.6 is 0 Å². The largest absolute Gasteiger partial charge is 0.829 e. The molecule has 1 aliphatic carbocycles. The first-order valence-corrected chi connectivity index (χ1v) is 5.53. The normalized spacial score (nSPS) is 34.5. The van der Waals surface area contributed by atoms with Gasteiger partial charge in [-0.05, 0) is 12.2 Å². The first-order chi connectivity index (χ1) is 7.66. The first kappa shape index (κ1) is 14.4. The monoisotopic (exact) mass is 247 g/mol. The minimum Gasteiger partial charge on any atom is -0.829 e. The van der Waals surface area contributed by atoms with Crippen LogP contribution in [0.1, 0.15) is 33.1 Å². The molecule has 1 fully saturated rings. The second kappa shape index (κ2) is 4.89. The van der Waals surface area contributed by atoms with E-state index in [0.717, 1.165) is 7.11 Å². The summed E-state index contributed by atoms with van der Waals surface area (Å²) in [6, 6.07) is 0. The molecular formula is C11H19O6-. The quantitative estimate of drug-likeness (QED) is 0.486. The maximum atomic E-state index is 11.4. The van der Waals surface area contributed by atoms with Crippen LogP contribution in [0.4, 0.5) is 0 Å². The molecule has 0 aromatic heterocycles. The topological polar surface area (TPSA) is 99.1 Å². The molecule has 6 heteroatoms. The fourth-order valence-corrected chi connectivity index (χ4v) is 2.17. The van der Waals surface area contributed by atoms with E-state index >= 15 is 0 Å². The molecule has 6 nitrogen and oxygen atoms in total. The summed E-state index contributed by atoms with van der Waals surface area (Å²) in [6.45, 7) is 2.68. The summed E-state index contributed by atoms with van der Waals surface area (Å²) in [4.78, 5) is 11.4. The van der Waals surface area contributed by atoms with Gasteiger partial charge in [-0.25, -0.2) is 4.79 Å². The fraction of sp³-hybridized carbons (Fsp3) is 0.909. The lowest BCUT2D eigenvalue weighted by Crippen LogP contribution is -2.53. The van der Waals surface area contributed by atoms with Crippen LogP contribution in [-0.4, -0.2) is 46.9 Å². The number of ether oxygens (including phenoxy) is 2. The third-order valence-corrected chi connectivity index (χ3v) is 2.69. The Labute approximate surface area is 100 Å². The third kappa shape index (κ3) is 3.92. The lowest BCUT2D eigenvalue weighted by Gasteiger charge is -2.42. The predicted molar refractivity (Wildman–Crippen MR) is 55.8 cm³/mol. The molecular weight excluding hydrogens is 228 g/mol.